The van der Waals surface area contributed by atoms with Crippen LogP contribution in [-0.4, -0.2) is 19.6 Å². The molecule has 0 atom stereocenters. The van der Waals surface area contributed by atoms with E-state index in [1.807, 2.05) is 20.8 Å². The predicted molar refractivity (Wildman–Crippen MR) is 69.0 cm³/mol. The molecule has 0 bridgehead atoms. The first-order valence-electron chi connectivity index (χ1n) is 6.57. The van der Waals surface area contributed by atoms with Gasteiger partial charge in [0.25, 0.3) is 5.56 Å². The van der Waals surface area contributed by atoms with Crippen molar-refractivity contribution in [1.29, 1.82) is 0 Å². The largest absolute Gasteiger partial charge is 0.327 e. The Bertz CT molecular complexity index is 649. The Labute approximate surface area is 105 Å². The van der Waals surface area contributed by atoms with E-state index in [1.54, 1.807) is 0 Å². The van der Waals surface area contributed by atoms with Crippen LogP contribution < -0.4 is 5.56 Å². The Morgan fingerprint density at radius 2 is 2.11 bits per heavy atom. The fourth-order valence-electron chi connectivity index (χ4n) is 2.58. The van der Waals surface area contributed by atoms with Crippen LogP contribution in [0.2, 0.25) is 0 Å². The number of fused-ring (bicyclic) bond motifs is 1. The number of aromatic nitrogens is 4. The summed E-state index contributed by atoms with van der Waals surface area (Å²) in [6.07, 6.45) is 3.52. The Morgan fingerprint density at radius 3 is 2.67 bits per heavy atom. The lowest BCUT2D eigenvalue weighted by Crippen LogP contribution is -2.23. The summed E-state index contributed by atoms with van der Waals surface area (Å²) < 4.78 is 1.43. The van der Waals surface area contributed by atoms with Gasteiger partial charge in [0, 0.05) is 17.2 Å². The highest BCUT2D eigenvalue weighted by molar-refractivity contribution is 5.33. The van der Waals surface area contributed by atoms with Crippen LogP contribution in [0, 0.1) is 6.92 Å². The number of hydrogen-bond acceptors (Lipinski definition) is 3. The summed E-state index contributed by atoms with van der Waals surface area (Å²) >= 11 is 0. The van der Waals surface area contributed by atoms with Crippen molar-refractivity contribution in [2.75, 3.05) is 0 Å². The second-order valence-corrected chi connectivity index (χ2v) is 5.46. The first-order valence-corrected chi connectivity index (χ1v) is 6.57. The lowest BCUT2D eigenvalue weighted by molar-refractivity contribution is 0.401. The van der Waals surface area contributed by atoms with Crippen LogP contribution in [-0.2, 0) is 0 Å². The molecule has 0 radical (unpaired) electrons. The quantitative estimate of drug-likeness (QED) is 0.882. The lowest BCUT2D eigenvalue weighted by atomic mass is 9.85. The summed E-state index contributed by atoms with van der Waals surface area (Å²) in [7, 11) is 0. The van der Waals surface area contributed by atoms with Gasteiger partial charge in [-0.2, -0.15) is 9.50 Å². The molecule has 0 aromatic carbocycles. The fraction of sp³-hybridized carbons (Fsp3) is 0.615. The zero-order valence-corrected chi connectivity index (χ0v) is 11.0. The molecule has 0 saturated heterocycles. The highest BCUT2D eigenvalue weighted by Gasteiger charge is 2.25. The van der Waals surface area contributed by atoms with E-state index in [4.69, 9.17) is 0 Å². The van der Waals surface area contributed by atoms with E-state index in [0.717, 1.165) is 29.9 Å². The van der Waals surface area contributed by atoms with Crippen LogP contribution in [0.25, 0.3) is 5.78 Å². The van der Waals surface area contributed by atoms with Crippen LogP contribution in [0.5, 0.6) is 0 Å². The van der Waals surface area contributed by atoms with E-state index < -0.39 is 0 Å². The normalized spacial score (nSPS) is 16.4. The van der Waals surface area contributed by atoms with E-state index in [0.29, 0.717) is 11.7 Å². The van der Waals surface area contributed by atoms with Gasteiger partial charge in [-0.3, -0.25) is 4.79 Å². The molecule has 18 heavy (non-hydrogen) atoms. The van der Waals surface area contributed by atoms with Crippen LogP contribution in [0.15, 0.2) is 4.79 Å². The number of nitrogens with one attached hydrogen (secondary N) is 1. The van der Waals surface area contributed by atoms with Gasteiger partial charge >= 0.3 is 0 Å². The van der Waals surface area contributed by atoms with Crippen LogP contribution >= 0.6 is 0 Å². The summed E-state index contributed by atoms with van der Waals surface area (Å²) in [5, 5.41) is 4.38. The molecule has 2 aromatic rings. The van der Waals surface area contributed by atoms with Crippen LogP contribution in [0.1, 0.15) is 62.0 Å². The highest BCUT2D eigenvalue weighted by Crippen LogP contribution is 2.34. The van der Waals surface area contributed by atoms with Crippen molar-refractivity contribution >= 4 is 5.78 Å². The minimum absolute atomic E-state index is 0.0330. The third-order valence-electron chi connectivity index (χ3n) is 3.80. The first-order chi connectivity index (χ1) is 8.58. The fourth-order valence-corrected chi connectivity index (χ4v) is 2.58. The molecule has 1 N–H and O–H groups in total. The molecule has 1 aliphatic rings. The third-order valence-corrected chi connectivity index (χ3v) is 3.80. The van der Waals surface area contributed by atoms with Gasteiger partial charge < -0.3 is 4.98 Å². The van der Waals surface area contributed by atoms with E-state index in [-0.39, 0.29) is 11.5 Å². The van der Waals surface area contributed by atoms with Gasteiger partial charge in [-0.15, -0.1) is 5.10 Å². The summed E-state index contributed by atoms with van der Waals surface area (Å²) in [4.78, 5) is 20.0. The molecule has 2 heterocycles. The standard InChI is InChI=1S/C13H18N4O/c1-7(2)10-8(3)14-13-15-11(9-5-4-6-9)16-17(13)12(10)18/h7,9H,4-6H2,1-3H3,(H,14,15,16). The van der Waals surface area contributed by atoms with E-state index in [1.165, 1.54) is 10.9 Å². The summed E-state index contributed by atoms with van der Waals surface area (Å²) in [5.74, 6) is 2.02. The van der Waals surface area contributed by atoms with Crippen molar-refractivity contribution < 1.29 is 0 Å². The van der Waals surface area contributed by atoms with Gasteiger partial charge in [-0.05, 0) is 25.7 Å². The third kappa shape index (κ3) is 1.57. The minimum atomic E-state index is -0.0330. The van der Waals surface area contributed by atoms with Gasteiger partial charge in [-0.1, -0.05) is 20.3 Å². The molecular weight excluding hydrogens is 228 g/mol. The maximum atomic E-state index is 12.4. The number of rotatable bonds is 2. The highest BCUT2D eigenvalue weighted by atomic mass is 16.1. The monoisotopic (exact) mass is 246 g/mol. The molecule has 0 unspecified atom stereocenters. The minimum Gasteiger partial charge on any atom is -0.327 e. The molecule has 3 rings (SSSR count). The van der Waals surface area contributed by atoms with Gasteiger partial charge in [0.2, 0.25) is 5.78 Å². The predicted octanol–water partition coefficient (Wildman–Crippen LogP) is 2.12. The maximum absolute atomic E-state index is 12.4. The van der Waals surface area contributed by atoms with Crippen molar-refractivity contribution in [3.8, 4) is 0 Å². The summed E-state index contributed by atoms with van der Waals surface area (Å²) in [6, 6.07) is 0. The Hall–Kier alpha value is -1.65. The molecule has 96 valence electrons. The Balaban J connectivity index is 2.21. The molecule has 1 aliphatic carbocycles. The second kappa shape index (κ2) is 3.93. The SMILES string of the molecule is Cc1[nH]c2nc(C3CCC3)nn2c(=O)c1C(C)C. The van der Waals surface area contributed by atoms with E-state index >= 15 is 0 Å². The van der Waals surface area contributed by atoms with Gasteiger partial charge in [0.15, 0.2) is 5.82 Å². The summed E-state index contributed by atoms with van der Waals surface area (Å²) in [5.41, 5.74) is 1.66. The first kappa shape index (κ1) is 11.4. The topological polar surface area (TPSA) is 63.1 Å². The van der Waals surface area contributed by atoms with Crippen molar-refractivity contribution in [1.82, 2.24) is 19.6 Å². The van der Waals surface area contributed by atoms with Crippen LogP contribution in [0.4, 0.5) is 0 Å². The van der Waals surface area contributed by atoms with E-state index in [2.05, 4.69) is 15.1 Å². The molecular formula is C13H18N4O. The number of aryl methyl sites for hydroxylation is 1. The molecule has 0 aliphatic heterocycles. The molecule has 0 amide bonds. The number of aromatic amines is 1. The summed E-state index contributed by atoms with van der Waals surface area (Å²) in [6.45, 7) is 5.97. The van der Waals surface area contributed by atoms with Gasteiger partial charge in [0.1, 0.15) is 0 Å². The number of hydrogen-bond donors (Lipinski definition) is 1. The molecule has 0 spiro atoms. The van der Waals surface area contributed by atoms with Crippen molar-refractivity contribution in [3.63, 3.8) is 0 Å². The van der Waals surface area contributed by atoms with Crippen molar-refractivity contribution in [2.45, 2.75) is 51.9 Å². The maximum Gasteiger partial charge on any atom is 0.279 e. The van der Waals surface area contributed by atoms with Crippen molar-refractivity contribution in [2.24, 2.45) is 0 Å². The molecule has 1 saturated carbocycles. The van der Waals surface area contributed by atoms with Gasteiger partial charge in [-0.25, -0.2) is 0 Å². The Kier molecular flexibility index (Phi) is 2.50. The van der Waals surface area contributed by atoms with Crippen LogP contribution in [0.3, 0.4) is 0 Å². The molecule has 5 nitrogen and oxygen atoms in total. The lowest BCUT2D eigenvalue weighted by Gasteiger charge is -2.21. The average Bonchev–Trinajstić information content (AvgIpc) is 2.57. The zero-order chi connectivity index (χ0) is 12.9. The molecule has 2 aromatic heterocycles. The average molecular weight is 246 g/mol. The molecule has 1 fully saturated rings. The smallest absolute Gasteiger partial charge is 0.279 e. The number of H-pyrrole nitrogens is 1. The van der Waals surface area contributed by atoms with Crippen molar-refractivity contribution in [3.05, 3.63) is 27.4 Å². The number of nitrogens with zero attached hydrogens (tertiary/aromatic N) is 3. The second-order valence-electron chi connectivity index (χ2n) is 5.46. The Morgan fingerprint density at radius 1 is 1.39 bits per heavy atom. The van der Waals surface area contributed by atoms with E-state index in [9.17, 15) is 4.79 Å². The molecule has 5 heteroatoms. The zero-order valence-electron chi connectivity index (χ0n) is 11.0. The van der Waals surface area contributed by atoms with Gasteiger partial charge in [0.05, 0.1) is 0 Å².